The fourth-order valence-corrected chi connectivity index (χ4v) is 3.52. The monoisotopic (exact) mass is 279 g/mol. The molecule has 0 aliphatic carbocycles. The van der Waals surface area contributed by atoms with Crippen LogP contribution in [0, 0.1) is 5.41 Å². The van der Waals surface area contributed by atoms with E-state index in [2.05, 4.69) is 25.5 Å². The van der Waals surface area contributed by atoms with Gasteiger partial charge in [-0.25, -0.2) is 0 Å². The maximum atomic E-state index is 12.1. The molecule has 0 bridgehead atoms. The molecule has 0 spiro atoms. The Hall–Kier alpha value is -0.170. The third-order valence-corrected chi connectivity index (χ3v) is 4.28. The molecule has 0 saturated heterocycles. The number of hydrogen-bond acceptors (Lipinski definition) is 3. The van der Waals surface area contributed by atoms with Crippen LogP contribution in [0.15, 0.2) is 0 Å². The normalized spacial score (nSPS) is 14.2. The van der Waals surface area contributed by atoms with Crippen LogP contribution in [0.3, 0.4) is 0 Å². The van der Waals surface area contributed by atoms with E-state index in [-0.39, 0.29) is 5.41 Å². The standard InChI is InChI=1S/C12H29N3O2S/c1-11(2,3)10-12(4,5)14-18(16,17)15(6)9-7-8-13/h14H,7-10,13H2,1-6H3. The maximum Gasteiger partial charge on any atom is 0.279 e. The molecule has 0 radical (unpaired) electrons. The average Bonchev–Trinajstić information content (AvgIpc) is 2.07. The molecular weight excluding hydrogens is 250 g/mol. The average molecular weight is 279 g/mol. The Morgan fingerprint density at radius 2 is 1.67 bits per heavy atom. The molecule has 0 aliphatic heterocycles. The molecule has 18 heavy (non-hydrogen) atoms. The Balaban J connectivity index is 4.65. The van der Waals surface area contributed by atoms with Gasteiger partial charge in [-0.3, -0.25) is 0 Å². The van der Waals surface area contributed by atoms with Crippen molar-refractivity contribution >= 4 is 10.2 Å². The van der Waals surface area contributed by atoms with Crippen molar-refractivity contribution in [1.29, 1.82) is 0 Å². The summed E-state index contributed by atoms with van der Waals surface area (Å²) in [6, 6.07) is 0. The van der Waals surface area contributed by atoms with Crippen LogP contribution in [-0.2, 0) is 10.2 Å². The van der Waals surface area contributed by atoms with Gasteiger partial charge in [0.2, 0.25) is 0 Å². The van der Waals surface area contributed by atoms with E-state index in [4.69, 9.17) is 5.73 Å². The van der Waals surface area contributed by atoms with Crippen LogP contribution in [0.5, 0.6) is 0 Å². The topological polar surface area (TPSA) is 75.4 Å². The Morgan fingerprint density at radius 1 is 1.17 bits per heavy atom. The number of hydrogen-bond donors (Lipinski definition) is 2. The molecule has 0 atom stereocenters. The van der Waals surface area contributed by atoms with Crippen molar-refractivity contribution in [2.45, 2.75) is 53.0 Å². The second-order valence-corrected chi connectivity index (χ2v) is 8.47. The highest BCUT2D eigenvalue weighted by Crippen LogP contribution is 2.27. The zero-order valence-electron chi connectivity index (χ0n) is 12.6. The van der Waals surface area contributed by atoms with Crippen molar-refractivity contribution in [1.82, 2.24) is 9.03 Å². The van der Waals surface area contributed by atoms with Gasteiger partial charge in [0.15, 0.2) is 0 Å². The molecule has 3 N–H and O–H groups in total. The molecular formula is C12H29N3O2S. The summed E-state index contributed by atoms with van der Waals surface area (Å²) in [4.78, 5) is 0. The first kappa shape index (κ1) is 17.8. The molecule has 0 aromatic rings. The van der Waals surface area contributed by atoms with E-state index in [1.807, 2.05) is 13.8 Å². The van der Waals surface area contributed by atoms with Crippen molar-refractivity contribution < 1.29 is 8.42 Å². The van der Waals surface area contributed by atoms with Crippen molar-refractivity contribution in [3.8, 4) is 0 Å². The predicted molar refractivity (Wildman–Crippen MR) is 76.5 cm³/mol. The number of nitrogens with two attached hydrogens (primary N) is 1. The number of nitrogens with zero attached hydrogens (tertiary/aromatic N) is 1. The molecule has 0 amide bonds. The minimum atomic E-state index is -3.43. The van der Waals surface area contributed by atoms with Gasteiger partial charge < -0.3 is 5.73 Å². The van der Waals surface area contributed by atoms with E-state index in [0.29, 0.717) is 19.5 Å². The molecule has 0 aromatic carbocycles. The van der Waals surface area contributed by atoms with Crippen LogP contribution < -0.4 is 10.5 Å². The van der Waals surface area contributed by atoms with Gasteiger partial charge in [0, 0.05) is 19.1 Å². The second-order valence-electron chi connectivity index (χ2n) is 6.69. The van der Waals surface area contributed by atoms with Crippen molar-refractivity contribution in [2.24, 2.45) is 11.1 Å². The van der Waals surface area contributed by atoms with Crippen molar-refractivity contribution in [3.05, 3.63) is 0 Å². The highest BCUT2D eigenvalue weighted by Gasteiger charge is 2.31. The van der Waals surface area contributed by atoms with Gasteiger partial charge in [0.1, 0.15) is 0 Å². The summed E-state index contributed by atoms with van der Waals surface area (Å²) in [6.45, 7) is 11.0. The van der Waals surface area contributed by atoms with Gasteiger partial charge in [-0.05, 0) is 38.6 Å². The van der Waals surface area contributed by atoms with Crippen molar-refractivity contribution in [3.63, 3.8) is 0 Å². The number of rotatable bonds is 7. The Morgan fingerprint density at radius 3 is 2.06 bits per heavy atom. The molecule has 0 rings (SSSR count). The maximum absolute atomic E-state index is 12.1. The van der Waals surface area contributed by atoms with E-state index in [1.165, 1.54) is 4.31 Å². The second kappa shape index (κ2) is 6.32. The van der Waals surface area contributed by atoms with Crippen molar-refractivity contribution in [2.75, 3.05) is 20.1 Å². The van der Waals surface area contributed by atoms with Gasteiger partial charge in [-0.15, -0.1) is 0 Å². The van der Waals surface area contributed by atoms with Gasteiger partial charge in [0.25, 0.3) is 10.2 Å². The molecule has 6 heteroatoms. The lowest BCUT2D eigenvalue weighted by atomic mass is 9.82. The lowest BCUT2D eigenvalue weighted by Gasteiger charge is -2.34. The van der Waals surface area contributed by atoms with E-state index in [9.17, 15) is 8.42 Å². The fourth-order valence-electron chi connectivity index (χ4n) is 2.22. The summed E-state index contributed by atoms with van der Waals surface area (Å²) in [7, 11) is -1.86. The van der Waals surface area contributed by atoms with Crippen LogP contribution in [0.25, 0.3) is 0 Å². The van der Waals surface area contributed by atoms with Gasteiger partial charge in [0.05, 0.1) is 0 Å². The highest BCUT2D eigenvalue weighted by molar-refractivity contribution is 7.87. The van der Waals surface area contributed by atoms with Gasteiger partial charge >= 0.3 is 0 Å². The smallest absolute Gasteiger partial charge is 0.279 e. The van der Waals surface area contributed by atoms with Crippen LogP contribution in [0.1, 0.15) is 47.5 Å². The molecule has 5 nitrogen and oxygen atoms in total. The molecule has 0 unspecified atom stereocenters. The Labute approximate surface area is 112 Å². The van der Waals surface area contributed by atoms with Crippen LogP contribution >= 0.6 is 0 Å². The first-order valence-electron chi connectivity index (χ1n) is 6.35. The minimum absolute atomic E-state index is 0.0713. The molecule has 0 heterocycles. The first-order valence-corrected chi connectivity index (χ1v) is 7.79. The first-order chi connectivity index (χ1) is 7.90. The molecule has 110 valence electrons. The SMILES string of the molecule is CN(CCCN)S(=O)(=O)NC(C)(C)CC(C)(C)C. The van der Waals surface area contributed by atoms with E-state index < -0.39 is 15.7 Å². The molecule has 0 aromatic heterocycles. The summed E-state index contributed by atoms with van der Waals surface area (Å²) >= 11 is 0. The fraction of sp³-hybridized carbons (Fsp3) is 1.00. The zero-order valence-corrected chi connectivity index (χ0v) is 13.4. The zero-order chi connectivity index (χ0) is 14.6. The summed E-state index contributed by atoms with van der Waals surface area (Å²) < 4.78 is 28.3. The van der Waals surface area contributed by atoms with Crippen LogP contribution in [0.4, 0.5) is 0 Å². The lowest BCUT2D eigenvalue weighted by Crippen LogP contribution is -2.51. The summed E-state index contributed by atoms with van der Waals surface area (Å²) in [5.41, 5.74) is 5.00. The minimum Gasteiger partial charge on any atom is -0.330 e. The number of nitrogens with one attached hydrogen (secondary N) is 1. The quantitative estimate of drug-likeness (QED) is 0.738. The van der Waals surface area contributed by atoms with Crippen LogP contribution in [-0.4, -0.2) is 38.4 Å². The largest absolute Gasteiger partial charge is 0.330 e. The third kappa shape index (κ3) is 7.31. The summed E-state index contributed by atoms with van der Waals surface area (Å²) in [5.74, 6) is 0. The molecule has 0 saturated carbocycles. The highest BCUT2D eigenvalue weighted by atomic mass is 32.2. The van der Waals surface area contributed by atoms with E-state index >= 15 is 0 Å². The lowest BCUT2D eigenvalue weighted by molar-refractivity contribution is 0.265. The van der Waals surface area contributed by atoms with E-state index in [0.717, 1.165) is 6.42 Å². The Bertz CT molecular complexity index is 345. The Kier molecular flexibility index (Phi) is 6.26. The van der Waals surface area contributed by atoms with Crippen LogP contribution in [0.2, 0.25) is 0 Å². The summed E-state index contributed by atoms with van der Waals surface area (Å²) in [5, 5.41) is 0. The van der Waals surface area contributed by atoms with Gasteiger partial charge in [-0.1, -0.05) is 20.8 Å². The summed E-state index contributed by atoms with van der Waals surface area (Å²) in [6.07, 6.45) is 1.43. The predicted octanol–water partition coefficient (Wildman–Crippen LogP) is 1.32. The molecule has 0 fully saturated rings. The third-order valence-electron chi connectivity index (χ3n) is 2.46. The van der Waals surface area contributed by atoms with Gasteiger partial charge in [-0.2, -0.15) is 17.4 Å². The van der Waals surface area contributed by atoms with E-state index in [1.54, 1.807) is 7.05 Å². The molecule has 0 aliphatic rings.